The van der Waals surface area contributed by atoms with Crippen LogP contribution in [0.15, 0.2) is 60.0 Å². The summed E-state index contributed by atoms with van der Waals surface area (Å²) in [6, 6.07) is 13.8. The third kappa shape index (κ3) is 5.21. The Morgan fingerprint density at radius 2 is 1.88 bits per heavy atom. The largest absolute Gasteiger partial charge is 0.461 e. The van der Waals surface area contributed by atoms with Crippen LogP contribution in [0, 0.1) is 17.8 Å². The van der Waals surface area contributed by atoms with E-state index in [0.29, 0.717) is 22.9 Å². The van der Waals surface area contributed by atoms with Gasteiger partial charge in [-0.2, -0.15) is 0 Å². The average molecular weight is 451 g/mol. The van der Waals surface area contributed by atoms with Crippen LogP contribution in [0.5, 0.6) is 0 Å². The van der Waals surface area contributed by atoms with E-state index in [2.05, 4.69) is 36.0 Å². The number of rotatable bonds is 7. The highest BCUT2D eigenvalue weighted by atomic mass is 32.2. The van der Waals surface area contributed by atoms with Gasteiger partial charge in [-0.15, -0.1) is 10.2 Å². The Morgan fingerprint density at radius 3 is 2.59 bits per heavy atom. The number of ether oxygens (including phenoxy) is 1. The van der Waals surface area contributed by atoms with E-state index in [1.54, 1.807) is 12.4 Å². The van der Waals surface area contributed by atoms with E-state index in [-0.39, 0.29) is 17.8 Å². The molecular formula is C25H30N4O2S. The summed E-state index contributed by atoms with van der Waals surface area (Å²) in [5, 5.41) is 9.47. The van der Waals surface area contributed by atoms with Crippen LogP contribution >= 0.6 is 11.8 Å². The molecule has 1 aliphatic rings. The Bertz CT molecular complexity index is 1020. The van der Waals surface area contributed by atoms with E-state index < -0.39 is 0 Å². The van der Waals surface area contributed by atoms with Crippen LogP contribution < -0.4 is 0 Å². The monoisotopic (exact) mass is 450 g/mol. The summed E-state index contributed by atoms with van der Waals surface area (Å²) in [4.78, 5) is 16.9. The van der Waals surface area contributed by atoms with E-state index >= 15 is 0 Å². The molecule has 1 fully saturated rings. The first-order valence-electron chi connectivity index (χ1n) is 11.3. The number of para-hydroxylation sites is 1. The molecule has 168 valence electrons. The van der Waals surface area contributed by atoms with Gasteiger partial charge < -0.3 is 4.74 Å². The Labute approximate surface area is 193 Å². The van der Waals surface area contributed by atoms with Gasteiger partial charge in [0.05, 0.1) is 5.75 Å². The second kappa shape index (κ2) is 10.3. The van der Waals surface area contributed by atoms with Crippen LogP contribution in [0.4, 0.5) is 0 Å². The topological polar surface area (TPSA) is 69.9 Å². The quantitative estimate of drug-likeness (QED) is 0.353. The molecule has 2 aromatic heterocycles. The number of hydrogen-bond donors (Lipinski definition) is 0. The number of pyridine rings is 1. The summed E-state index contributed by atoms with van der Waals surface area (Å²) in [5.41, 5.74) is 1.86. The number of nitrogens with zero attached hydrogens (tertiary/aromatic N) is 4. The Morgan fingerprint density at radius 1 is 1.12 bits per heavy atom. The summed E-state index contributed by atoms with van der Waals surface area (Å²) in [6.45, 7) is 6.69. The zero-order valence-electron chi connectivity index (χ0n) is 18.8. The first-order chi connectivity index (χ1) is 15.5. The van der Waals surface area contributed by atoms with Crippen LogP contribution in [0.3, 0.4) is 0 Å². The van der Waals surface area contributed by atoms with E-state index in [9.17, 15) is 4.79 Å². The standard InChI is InChI=1S/C25H30N4O2S/c1-17(2)21-10-9-18(3)15-22(21)31-23(30)16-32-25-28-27-24(19-11-13-26-14-12-19)29(25)20-7-5-4-6-8-20/h4-8,11-14,17-18,21-22H,9-10,15-16H2,1-3H3/t18-,21-,22-/m0/s1. The van der Waals surface area contributed by atoms with Gasteiger partial charge >= 0.3 is 5.97 Å². The van der Waals surface area contributed by atoms with Crippen molar-refractivity contribution in [3.63, 3.8) is 0 Å². The molecule has 7 heteroatoms. The molecule has 0 bridgehead atoms. The molecule has 0 radical (unpaired) electrons. The predicted molar refractivity (Wildman–Crippen MR) is 127 cm³/mol. The van der Waals surface area contributed by atoms with Gasteiger partial charge in [-0.05, 0) is 54.9 Å². The van der Waals surface area contributed by atoms with E-state index in [1.807, 2.05) is 47.0 Å². The lowest BCUT2D eigenvalue weighted by Crippen LogP contribution is -2.36. The SMILES string of the molecule is CC(C)[C@@H]1CC[C@H](C)C[C@@H]1OC(=O)CSc1nnc(-c2ccncc2)n1-c1ccccc1. The predicted octanol–water partition coefficient (Wildman–Crippen LogP) is 5.43. The number of carbonyl (C=O) groups excluding carboxylic acids is 1. The third-order valence-corrected chi connectivity index (χ3v) is 7.05. The maximum absolute atomic E-state index is 12.8. The van der Waals surface area contributed by atoms with Gasteiger partial charge in [0, 0.05) is 23.6 Å². The molecule has 0 spiro atoms. The van der Waals surface area contributed by atoms with Crippen molar-refractivity contribution in [3.8, 4) is 17.1 Å². The Kier molecular flexibility index (Phi) is 7.25. The maximum Gasteiger partial charge on any atom is 0.316 e. The molecule has 3 atom stereocenters. The number of hydrogen-bond acceptors (Lipinski definition) is 6. The molecule has 0 aliphatic heterocycles. The zero-order chi connectivity index (χ0) is 22.5. The number of benzene rings is 1. The molecule has 2 heterocycles. The van der Waals surface area contributed by atoms with Crippen LogP contribution in [-0.4, -0.2) is 37.6 Å². The first kappa shape index (κ1) is 22.5. The molecular weight excluding hydrogens is 420 g/mol. The van der Waals surface area contributed by atoms with Gasteiger partial charge in [-0.25, -0.2) is 0 Å². The molecule has 1 aromatic carbocycles. The fraction of sp³-hybridized carbons (Fsp3) is 0.440. The van der Waals surface area contributed by atoms with E-state index in [4.69, 9.17) is 4.74 Å². The Balaban J connectivity index is 1.51. The molecule has 3 aromatic rings. The number of thioether (sulfide) groups is 1. The summed E-state index contributed by atoms with van der Waals surface area (Å²) >= 11 is 1.36. The highest BCUT2D eigenvalue weighted by Gasteiger charge is 2.33. The molecule has 0 N–H and O–H groups in total. The lowest BCUT2D eigenvalue weighted by molar-refractivity contribution is -0.152. The summed E-state index contributed by atoms with van der Waals surface area (Å²) in [6.07, 6.45) is 6.77. The lowest BCUT2D eigenvalue weighted by Gasteiger charge is -2.36. The van der Waals surface area contributed by atoms with Gasteiger partial charge in [0.15, 0.2) is 11.0 Å². The zero-order valence-corrected chi connectivity index (χ0v) is 19.7. The fourth-order valence-electron chi connectivity index (χ4n) is 4.44. The smallest absolute Gasteiger partial charge is 0.316 e. The minimum atomic E-state index is -0.187. The average Bonchev–Trinajstić information content (AvgIpc) is 3.23. The van der Waals surface area contributed by atoms with Crippen molar-refractivity contribution in [2.24, 2.45) is 17.8 Å². The summed E-state index contributed by atoms with van der Waals surface area (Å²) in [7, 11) is 0. The van der Waals surface area contributed by atoms with Crippen molar-refractivity contribution in [3.05, 3.63) is 54.9 Å². The fourth-order valence-corrected chi connectivity index (χ4v) is 5.17. The van der Waals surface area contributed by atoms with Crippen molar-refractivity contribution < 1.29 is 9.53 Å². The molecule has 0 saturated heterocycles. The van der Waals surface area contributed by atoms with Crippen LogP contribution in [-0.2, 0) is 9.53 Å². The van der Waals surface area contributed by atoms with E-state index in [0.717, 1.165) is 29.9 Å². The first-order valence-corrected chi connectivity index (χ1v) is 12.2. The summed E-state index contributed by atoms with van der Waals surface area (Å²) in [5.74, 6) is 2.28. The van der Waals surface area contributed by atoms with Crippen molar-refractivity contribution in [1.29, 1.82) is 0 Å². The Hall–Kier alpha value is -2.67. The van der Waals surface area contributed by atoms with Gasteiger partial charge in [0.1, 0.15) is 6.10 Å². The molecule has 4 rings (SSSR count). The van der Waals surface area contributed by atoms with Gasteiger partial charge in [-0.3, -0.25) is 14.3 Å². The lowest BCUT2D eigenvalue weighted by atomic mass is 9.75. The van der Waals surface area contributed by atoms with Crippen molar-refractivity contribution >= 4 is 17.7 Å². The second-order valence-corrected chi connectivity index (χ2v) is 9.80. The van der Waals surface area contributed by atoms with Crippen molar-refractivity contribution in [2.75, 3.05) is 5.75 Å². The second-order valence-electron chi connectivity index (χ2n) is 8.86. The van der Waals surface area contributed by atoms with Gasteiger partial charge in [0.2, 0.25) is 0 Å². The molecule has 1 aliphatic carbocycles. The van der Waals surface area contributed by atoms with Crippen molar-refractivity contribution in [1.82, 2.24) is 19.7 Å². The number of carbonyl (C=O) groups is 1. The summed E-state index contributed by atoms with van der Waals surface area (Å²) < 4.78 is 7.95. The molecule has 1 saturated carbocycles. The highest BCUT2D eigenvalue weighted by Crippen LogP contribution is 2.36. The van der Waals surface area contributed by atoms with Crippen LogP contribution in [0.25, 0.3) is 17.1 Å². The van der Waals surface area contributed by atoms with E-state index in [1.165, 1.54) is 18.2 Å². The molecule has 6 nitrogen and oxygen atoms in total. The third-order valence-electron chi connectivity index (χ3n) is 6.15. The minimum absolute atomic E-state index is 0.00576. The molecule has 32 heavy (non-hydrogen) atoms. The highest BCUT2D eigenvalue weighted by molar-refractivity contribution is 7.99. The normalized spacial score (nSPS) is 20.9. The van der Waals surface area contributed by atoms with Gasteiger partial charge in [0.25, 0.3) is 0 Å². The molecule has 0 amide bonds. The van der Waals surface area contributed by atoms with Gasteiger partial charge in [-0.1, -0.05) is 57.2 Å². The minimum Gasteiger partial charge on any atom is -0.461 e. The van der Waals surface area contributed by atoms with Crippen molar-refractivity contribution in [2.45, 2.75) is 51.3 Å². The van der Waals surface area contributed by atoms with Crippen LogP contribution in [0.1, 0.15) is 40.0 Å². The number of esters is 1. The number of aromatic nitrogens is 4. The maximum atomic E-state index is 12.8. The van der Waals surface area contributed by atoms with Crippen LogP contribution in [0.2, 0.25) is 0 Å². The molecule has 0 unspecified atom stereocenters.